The third-order valence-corrected chi connectivity index (χ3v) is 3.75. The van der Waals surface area contributed by atoms with Crippen LogP contribution in [0.4, 0.5) is 0 Å². The molecule has 0 radical (unpaired) electrons. The third-order valence-electron chi connectivity index (χ3n) is 1.81. The fourth-order valence-electron chi connectivity index (χ4n) is 1.39. The van der Waals surface area contributed by atoms with E-state index in [-0.39, 0.29) is 12.6 Å². The van der Waals surface area contributed by atoms with Crippen LogP contribution in [0.3, 0.4) is 0 Å². The highest BCUT2D eigenvalue weighted by molar-refractivity contribution is 6.70. The second-order valence-corrected chi connectivity index (χ2v) is 14.9. The van der Waals surface area contributed by atoms with E-state index >= 15 is 0 Å². The zero-order chi connectivity index (χ0) is 12.4. The Morgan fingerprint density at radius 3 is 1.25 bits per heavy atom. The summed E-state index contributed by atoms with van der Waals surface area (Å²) in [5, 5.41) is 0. The molecule has 1 heterocycles. The van der Waals surface area contributed by atoms with Gasteiger partial charge in [0.25, 0.3) is 0 Å². The van der Waals surface area contributed by atoms with Gasteiger partial charge in [0.05, 0.1) is 13.2 Å². The summed E-state index contributed by atoms with van der Waals surface area (Å²) in [7, 11) is -3.10. The minimum absolute atomic E-state index is 0.215. The van der Waals surface area contributed by atoms with Crippen molar-refractivity contribution in [3.63, 3.8) is 0 Å². The van der Waals surface area contributed by atoms with Crippen LogP contribution in [0.1, 0.15) is 0 Å². The van der Waals surface area contributed by atoms with Crippen LogP contribution in [-0.4, -0.2) is 42.4 Å². The summed E-state index contributed by atoms with van der Waals surface area (Å²) in [4.78, 5) is 0. The molecule has 96 valence electrons. The molecule has 0 bridgehead atoms. The van der Waals surface area contributed by atoms with E-state index in [1.807, 2.05) is 0 Å². The fourth-order valence-corrected chi connectivity index (χ4v) is 3.24. The minimum atomic E-state index is -1.55. The zero-order valence-electron chi connectivity index (χ0n) is 11.2. The maximum absolute atomic E-state index is 5.80. The monoisotopic (exact) mass is 264 g/mol. The van der Waals surface area contributed by atoms with Crippen molar-refractivity contribution in [2.75, 3.05) is 13.2 Å². The molecule has 0 spiro atoms. The van der Waals surface area contributed by atoms with E-state index in [1.165, 1.54) is 0 Å². The average molecular weight is 264 g/mol. The first kappa shape index (κ1) is 14.3. The molecule has 4 nitrogen and oxygen atoms in total. The van der Waals surface area contributed by atoms with E-state index in [2.05, 4.69) is 39.3 Å². The first-order valence-corrected chi connectivity index (χ1v) is 12.6. The lowest BCUT2D eigenvalue weighted by molar-refractivity contribution is -0.251. The Morgan fingerprint density at radius 1 is 0.750 bits per heavy atom. The van der Waals surface area contributed by atoms with E-state index in [9.17, 15) is 0 Å². The normalized spacial score (nSPS) is 28.1. The molecule has 16 heavy (non-hydrogen) atoms. The lowest BCUT2D eigenvalue weighted by Gasteiger charge is -2.35. The molecule has 1 aliphatic rings. The van der Waals surface area contributed by atoms with Crippen LogP contribution >= 0.6 is 0 Å². The predicted molar refractivity (Wildman–Crippen MR) is 68.3 cm³/mol. The Morgan fingerprint density at radius 2 is 1.06 bits per heavy atom. The van der Waals surface area contributed by atoms with Crippen molar-refractivity contribution in [1.29, 1.82) is 0 Å². The predicted octanol–water partition coefficient (Wildman–Crippen LogP) is 2.39. The molecule has 1 aliphatic heterocycles. The van der Waals surface area contributed by atoms with Crippen molar-refractivity contribution in [2.24, 2.45) is 0 Å². The third kappa shape index (κ3) is 6.12. The molecule has 0 N–H and O–H groups in total. The first-order chi connectivity index (χ1) is 7.16. The summed E-state index contributed by atoms with van der Waals surface area (Å²) in [6, 6.07) is 0. The zero-order valence-corrected chi connectivity index (χ0v) is 13.2. The summed E-state index contributed by atoms with van der Waals surface area (Å²) < 4.78 is 22.8. The lowest BCUT2D eigenvalue weighted by Crippen LogP contribution is -2.46. The molecule has 0 amide bonds. The summed E-state index contributed by atoms with van der Waals surface area (Å²) in [5.74, 6) is 0. The molecule has 0 aromatic heterocycles. The Labute approximate surface area is 100 Å². The Kier molecular flexibility index (Phi) is 4.73. The van der Waals surface area contributed by atoms with Crippen molar-refractivity contribution >= 4 is 16.6 Å². The van der Waals surface area contributed by atoms with E-state index in [4.69, 9.17) is 18.3 Å². The summed E-state index contributed by atoms with van der Waals surface area (Å²) >= 11 is 0. The van der Waals surface area contributed by atoms with Gasteiger partial charge in [0.1, 0.15) is 0 Å². The first-order valence-electron chi connectivity index (χ1n) is 5.74. The molecule has 0 aromatic rings. The van der Waals surface area contributed by atoms with Gasteiger partial charge in [-0.05, 0) is 39.3 Å². The van der Waals surface area contributed by atoms with Gasteiger partial charge in [-0.15, -0.1) is 0 Å². The highest BCUT2D eigenvalue weighted by Crippen LogP contribution is 2.17. The quantitative estimate of drug-likeness (QED) is 0.731. The second kappa shape index (κ2) is 5.28. The summed E-state index contributed by atoms with van der Waals surface area (Å²) in [6.07, 6.45) is -0.429. The number of hydrogen-bond acceptors (Lipinski definition) is 4. The second-order valence-electron chi connectivity index (χ2n) is 5.99. The molecule has 2 atom stereocenters. The maximum Gasteiger partial charge on any atom is 0.187 e. The summed E-state index contributed by atoms with van der Waals surface area (Å²) in [6.45, 7) is 13.8. The highest BCUT2D eigenvalue weighted by atomic mass is 28.4. The molecule has 0 saturated carbocycles. The number of ether oxygens (including phenoxy) is 2. The lowest BCUT2D eigenvalue weighted by atomic mass is 10.5. The van der Waals surface area contributed by atoms with Crippen LogP contribution in [0.25, 0.3) is 0 Å². The molecule has 6 heteroatoms. The van der Waals surface area contributed by atoms with Crippen molar-refractivity contribution in [1.82, 2.24) is 0 Å². The molecule has 1 saturated heterocycles. The molecule has 0 aliphatic carbocycles. The van der Waals surface area contributed by atoms with Crippen molar-refractivity contribution < 1.29 is 18.3 Å². The van der Waals surface area contributed by atoms with Crippen LogP contribution in [0, 0.1) is 0 Å². The van der Waals surface area contributed by atoms with Crippen molar-refractivity contribution in [3.05, 3.63) is 0 Å². The van der Waals surface area contributed by atoms with E-state index in [0.717, 1.165) is 0 Å². The largest absolute Gasteiger partial charge is 0.391 e. The van der Waals surface area contributed by atoms with Gasteiger partial charge >= 0.3 is 0 Å². The molecular weight excluding hydrogens is 240 g/mol. The van der Waals surface area contributed by atoms with Gasteiger partial charge in [-0.25, -0.2) is 0 Å². The Hall–Kier alpha value is 0.274. The van der Waals surface area contributed by atoms with Gasteiger partial charge in [-0.2, -0.15) is 0 Å². The van der Waals surface area contributed by atoms with Crippen LogP contribution < -0.4 is 0 Å². The van der Waals surface area contributed by atoms with Crippen LogP contribution in [0.15, 0.2) is 0 Å². The molecule has 0 aromatic carbocycles. The summed E-state index contributed by atoms with van der Waals surface area (Å²) in [5.41, 5.74) is 0. The van der Waals surface area contributed by atoms with Crippen molar-refractivity contribution in [2.45, 2.75) is 51.9 Å². The van der Waals surface area contributed by atoms with Gasteiger partial charge in [-0.1, -0.05) is 0 Å². The molecular formula is C10H24O4Si2. The minimum Gasteiger partial charge on any atom is -0.391 e. The molecule has 2 unspecified atom stereocenters. The number of hydrogen-bond donors (Lipinski definition) is 0. The van der Waals surface area contributed by atoms with Crippen molar-refractivity contribution in [3.8, 4) is 0 Å². The maximum atomic E-state index is 5.80. The topological polar surface area (TPSA) is 36.9 Å². The van der Waals surface area contributed by atoms with Gasteiger partial charge in [0.15, 0.2) is 29.2 Å². The van der Waals surface area contributed by atoms with Crippen LogP contribution in [-0.2, 0) is 18.3 Å². The van der Waals surface area contributed by atoms with Gasteiger partial charge in [-0.3, -0.25) is 0 Å². The number of rotatable bonds is 4. The molecule has 1 rings (SSSR count). The SMILES string of the molecule is C[Si](C)(C)OC1COC(O[Si](C)(C)C)CO1. The van der Waals surface area contributed by atoms with Crippen LogP contribution in [0.2, 0.25) is 39.3 Å². The van der Waals surface area contributed by atoms with E-state index in [1.54, 1.807) is 0 Å². The van der Waals surface area contributed by atoms with E-state index < -0.39 is 16.6 Å². The highest BCUT2D eigenvalue weighted by Gasteiger charge is 2.30. The standard InChI is InChI=1S/C10H24O4Si2/c1-15(2,3)13-9-7-12-10(8-11-9)14-16(4,5)6/h9-10H,7-8H2,1-6H3. The average Bonchev–Trinajstić information content (AvgIpc) is 2.03. The Balaban J connectivity index is 2.29. The smallest absolute Gasteiger partial charge is 0.187 e. The Bertz CT molecular complexity index is 190. The molecule has 1 fully saturated rings. The fraction of sp³-hybridized carbons (Fsp3) is 1.00. The van der Waals surface area contributed by atoms with Gasteiger partial charge in [0, 0.05) is 0 Å². The van der Waals surface area contributed by atoms with Crippen LogP contribution in [0.5, 0.6) is 0 Å². The van der Waals surface area contributed by atoms with Gasteiger partial charge in [0.2, 0.25) is 0 Å². The van der Waals surface area contributed by atoms with E-state index in [0.29, 0.717) is 13.2 Å². The van der Waals surface area contributed by atoms with Gasteiger partial charge < -0.3 is 18.3 Å².